The maximum atomic E-state index is 12.1. The van der Waals surface area contributed by atoms with Crippen molar-refractivity contribution in [3.63, 3.8) is 0 Å². The van der Waals surface area contributed by atoms with Crippen LogP contribution in [0.25, 0.3) is 11.4 Å². The lowest BCUT2D eigenvalue weighted by Gasteiger charge is -2.03. The van der Waals surface area contributed by atoms with Crippen molar-refractivity contribution >= 4 is 11.9 Å². The van der Waals surface area contributed by atoms with Crippen LogP contribution in [-0.4, -0.2) is 35.7 Å². The molecule has 0 fully saturated rings. The molecule has 0 saturated carbocycles. The summed E-state index contributed by atoms with van der Waals surface area (Å²) in [5.41, 5.74) is 3.81. The van der Waals surface area contributed by atoms with Crippen molar-refractivity contribution < 1.29 is 19.1 Å². The van der Waals surface area contributed by atoms with E-state index in [1.165, 1.54) is 14.2 Å². The zero-order valence-electron chi connectivity index (χ0n) is 13.2. The average Bonchev–Trinajstić information content (AvgIpc) is 3.07. The topological polar surface area (TPSA) is 73.3 Å². The molecule has 0 amide bonds. The SMILES string of the molecule is COC(=O)CCc1[nH]c(-c2cccn2C)c(C)c1C(=O)OC. The van der Waals surface area contributed by atoms with Crippen LogP contribution in [0.5, 0.6) is 0 Å². The van der Waals surface area contributed by atoms with Gasteiger partial charge in [0.25, 0.3) is 0 Å². The van der Waals surface area contributed by atoms with Crippen molar-refractivity contribution in [2.45, 2.75) is 19.8 Å². The number of methoxy groups -OCH3 is 2. The van der Waals surface area contributed by atoms with Gasteiger partial charge in [-0.25, -0.2) is 4.79 Å². The first-order chi connectivity index (χ1) is 10.5. The molecule has 0 aliphatic carbocycles. The third-order valence-corrected chi connectivity index (χ3v) is 3.72. The van der Waals surface area contributed by atoms with E-state index in [1.54, 1.807) is 0 Å². The minimum atomic E-state index is -0.408. The van der Waals surface area contributed by atoms with E-state index >= 15 is 0 Å². The zero-order chi connectivity index (χ0) is 16.3. The van der Waals surface area contributed by atoms with Gasteiger partial charge in [0.1, 0.15) is 0 Å². The Morgan fingerprint density at radius 3 is 2.55 bits per heavy atom. The predicted octanol–water partition coefficient (Wildman–Crippen LogP) is 2.22. The Morgan fingerprint density at radius 2 is 2.00 bits per heavy atom. The molecule has 0 spiro atoms. The first kappa shape index (κ1) is 15.9. The molecule has 2 heterocycles. The maximum Gasteiger partial charge on any atom is 0.339 e. The lowest BCUT2D eigenvalue weighted by Crippen LogP contribution is -2.08. The number of aromatic nitrogens is 2. The van der Waals surface area contributed by atoms with Gasteiger partial charge in [0.05, 0.1) is 37.6 Å². The molecule has 0 aromatic carbocycles. The molecule has 6 nitrogen and oxygen atoms in total. The molecule has 0 unspecified atom stereocenters. The summed E-state index contributed by atoms with van der Waals surface area (Å²) in [6, 6.07) is 3.89. The van der Waals surface area contributed by atoms with Crippen LogP contribution in [0.1, 0.15) is 28.0 Å². The molecule has 0 atom stereocenters. The Hall–Kier alpha value is -2.50. The lowest BCUT2D eigenvalue weighted by molar-refractivity contribution is -0.140. The Bertz CT molecular complexity index is 697. The summed E-state index contributed by atoms with van der Waals surface area (Å²) < 4.78 is 11.5. The van der Waals surface area contributed by atoms with Crippen LogP contribution in [0.15, 0.2) is 18.3 Å². The largest absolute Gasteiger partial charge is 0.469 e. The number of nitrogens with one attached hydrogen (secondary N) is 1. The van der Waals surface area contributed by atoms with Gasteiger partial charge in [0.2, 0.25) is 0 Å². The Morgan fingerprint density at radius 1 is 1.27 bits per heavy atom. The summed E-state index contributed by atoms with van der Waals surface area (Å²) in [4.78, 5) is 26.7. The van der Waals surface area contributed by atoms with Crippen LogP contribution in [0.4, 0.5) is 0 Å². The number of esters is 2. The predicted molar refractivity (Wildman–Crippen MR) is 81.6 cm³/mol. The summed E-state index contributed by atoms with van der Waals surface area (Å²) in [6.07, 6.45) is 2.52. The number of carbonyl (C=O) groups is 2. The second-order valence-corrected chi connectivity index (χ2v) is 5.05. The van der Waals surface area contributed by atoms with Crippen LogP contribution >= 0.6 is 0 Å². The molecule has 2 aromatic heterocycles. The number of hydrogen-bond donors (Lipinski definition) is 1. The smallest absolute Gasteiger partial charge is 0.339 e. The highest BCUT2D eigenvalue weighted by atomic mass is 16.5. The van der Waals surface area contributed by atoms with E-state index in [9.17, 15) is 9.59 Å². The summed E-state index contributed by atoms with van der Waals surface area (Å²) in [5, 5.41) is 0. The van der Waals surface area contributed by atoms with Gasteiger partial charge in [-0.3, -0.25) is 4.79 Å². The van der Waals surface area contributed by atoms with Crippen molar-refractivity contribution in [1.29, 1.82) is 0 Å². The fourth-order valence-corrected chi connectivity index (χ4v) is 2.53. The van der Waals surface area contributed by atoms with Gasteiger partial charge in [0, 0.05) is 18.9 Å². The van der Waals surface area contributed by atoms with Crippen LogP contribution in [0.3, 0.4) is 0 Å². The normalized spacial score (nSPS) is 10.5. The maximum absolute atomic E-state index is 12.1. The number of nitrogens with zero attached hydrogens (tertiary/aromatic N) is 1. The van der Waals surface area contributed by atoms with E-state index in [-0.39, 0.29) is 12.4 Å². The number of aryl methyl sites for hydroxylation is 2. The average molecular weight is 304 g/mol. The highest BCUT2D eigenvalue weighted by Crippen LogP contribution is 2.29. The second-order valence-electron chi connectivity index (χ2n) is 5.05. The van der Waals surface area contributed by atoms with Crippen molar-refractivity contribution in [3.05, 3.63) is 35.2 Å². The fraction of sp³-hybridized carbons (Fsp3) is 0.375. The Labute approximate surface area is 129 Å². The van der Waals surface area contributed by atoms with Crippen LogP contribution in [-0.2, 0) is 27.7 Å². The lowest BCUT2D eigenvalue weighted by atomic mass is 10.1. The molecule has 6 heteroatoms. The highest BCUT2D eigenvalue weighted by Gasteiger charge is 2.23. The molecule has 0 bridgehead atoms. The molecule has 0 radical (unpaired) electrons. The van der Waals surface area contributed by atoms with Crippen molar-refractivity contribution in [2.75, 3.05) is 14.2 Å². The molecular formula is C16H20N2O4. The Balaban J connectivity index is 2.45. The molecule has 22 heavy (non-hydrogen) atoms. The molecular weight excluding hydrogens is 284 g/mol. The quantitative estimate of drug-likeness (QED) is 0.860. The van der Waals surface area contributed by atoms with Crippen LogP contribution in [0, 0.1) is 6.92 Å². The number of ether oxygens (including phenoxy) is 2. The van der Waals surface area contributed by atoms with Crippen LogP contribution < -0.4 is 0 Å². The fourth-order valence-electron chi connectivity index (χ4n) is 2.53. The summed E-state index contributed by atoms with van der Waals surface area (Å²) >= 11 is 0. The molecule has 1 N–H and O–H groups in total. The molecule has 2 rings (SSSR count). The van der Waals surface area contributed by atoms with Gasteiger partial charge >= 0.3 is 11.9 Å². The third kappa shape index (κ3) is 2.90. The second kappa shape index (κ2) is 6.51. The van der Waals surface area contributed by atoms with Gasteiger partial charge in [-0.2, -0.15) is 0 Å². The first-order valence-electron chi connectivity index (χ1n) is 6.97. The molecule has 0 saturated heterocycles. The van der Waals surface area contributed by atoms with Crippen molar-refractivity contribution in [3.8, 4) is 11.4 Å². The number of carbonyl (C=O) groups excluding carboxylic acids is 2. The first-order valence-corrected chi connectivity index (χ1v) is 6.97. The van der Waals surface area contributed by atoms with E-state index in [2.05, 4.69) is 9.72 Å². The minimum Gasteiger partial charge on any atom is -0.469 e. The summed E-state index contributed by atoms with van der Waals surface area (Å²) in [5.74, 6) is -0.724. The van der Waals surface area contributed by atoms with Crippen molar-refractivity contribution in [1.82, 2.24) is 9.55 Å². The van der Waals surface area contributed by atoms with Crippen LogP contribution in [0.2, 0.25) is 0 Å². The van der Waals surface area contributed by atoms with E-state index in [0.717, 1.165) is 17.0 Å². The van der Waals surface area contributed by atoms with Crippen molar-refractivity contribution in [2.24, 2.45) is 7.05 Å². The molecule has 118 valence electrons. The van der Waals surface area contributed by atoms with E-state index in [1.807, 2.05) is 36.9 Å². The van der Waals surface area contributed by atoms with Gasteiger partial charge in [-0.15, -0.1) is 0 Å². The van der Waals surface area contributed by atoms with E-state index in [4.69, 9.17) is 4.74 Å². The third-order valence-electron chi connectivity index (χ3n) is 3.72. The minimum absolute atomic E-state index is 0.201. The molecule has 0 aliphatic rings. The zero-order valence-corrected chi connectivity index (χ0v) is 13.2. The monoisotopic (exact) mass is 304 g/mol. The number of aromatic amines is 1. The Kier molecular flexibility index (Phi) is 4.70. The summed E-state index contributed by atoms with van der Waals surface area (Å²) in [6.45, 7) is 1.87. The van der Waals surface area contributed by atoms with E-state index in [0.29, 0.717) is 17.7 Å². The number of H-pyrrole nitrogens is 1. The standard InChI is InChI=1S/C16H20N2O4/c1-10-14(16(20)22-4)11(7-8-13(19)21-3)17-15(10)12-6-5-9-18(12)2/h5-6,9,17H,7-8H2,1-4H3. The van der Waals surface area contributed by atoms with Gasteiger partial charge in [-0.05, 0) is 31.0 Å². The van der Waals surface area contributed by atoms with Gasteiger partial charge in [0.15, 0.2) is 0 Å². The highest BCUT2D eigenvalue weighted by molar-refractivity contribution is 5.95. The number of rotatable bonds is 5. The molecule has 2 aromatic rings. The molecule has 0 aliphatic heterocycles. The summed E-state index contributed by atoms with van der Waals surface area (Å²) in [7, 11) is 4.63. The van der Waals surface area contributed by atoms with E-state index < -0.39 is 5.97 Å². The van der Waals surface area contributed by atoms with Gasteiger partial charge < -0.3 is 19.0 Å². The van der Waals surface area contributed by atoms with Gasteiger partial charge in [-0.1, -0.05) is 0 Å². The number of hydrogen-bond acceptors (Lipinski definition) is 4.